The molecule has 4 saturated heterocycles. The van der Waals surface area contributed by atoms with Crippen LogP contribution < -0.4 is 15.6 Å². The van der Waals surface area contributed by atoms with Crippen molar-refractivity contribution in [2.24, 2.45) is 17.3 Å². The highest BCUT2D eigenvalue weighted by Gasteiger charge is 2.48. The number of rotatable bonds is 11. The number of urea groups is 1. The number of aromatic nitrogens is 2. The smallest absolute Gasteiger partial charge is 0.324 e. The first-order valence-corrected chi connectivity index (χ1v) is 27.7. The fourth-order valence-corrected chi connectivity index (χ4v) is 12.6. The number of nitrogens with zero attached hydrogens (tertiary/aromatic N) is 8. The average Bonchev–Trinajstić information content (AvgIpc) is 4.20. The van der Waals surface area contributed by atoms with Crippen molar-refractivity contribution < 1.29 is 38.2 Å². The lowest BCUT2D eigenvalue weighted by molar-refractivity contribution is -0.156. The standard InChI is InChI=1S/C57H82N10O8/c1-10-48(68)64-26-27-65(33-39-16-17-39)57(35-64)20-24-62(25-21-57)55(72)61(8)50(37(3)4)52(69)59-46-31-41-34-63(28-29-74-41)40-18-19-47-43(30-40)44(51(66(47)11-2)42-14-12-22-58-49(42)38(5)73-9)32-56(6,7)36-75-54(71)45-15-13-23-67(60-45)53(46)70/h10,12,14,18-19,22,30,37-39,41,45-46,50,60H,1,11,13,15-17,20-21,23-29,31-36H2,2-9H3,(H,59,69)/t38-,41-,45-,46-,50-/m0/s1. The number of likely N-dealkylation sites (N-methyl/N-ethyl adjacent to an activating group) is 1. The van der Waals surface area contributed by atoms with Gasteiger partial charge in [-0.15, -0.1) is 0 Å². The molecule has 6 bridgehead atoms. The monoisotopic (exact) mass is 1030 g/mol. The van der Waals surface area contributed by atoms with E-state index in [9.17, 15) is 24.0 Å². The molecule has 5 amide bonds. The number of hydrazine groups is 1. The van der Waals surface area contributed by atoms with Gasteiger partial charge in [0.1, 0.15) is 18.1 Å². The van der Waals surface area contributed by atoms with Crippen LogP contribution in [-0.2, 0) is 46.4 Å². The normalized spacial score (nSPS) is 24.4. The van der Waals surface area contributed by atoms with Crippen molar-refractivity contribution in [2.45, 2.75) is 135 Å². The number of hydrogen-bond donors (Lipinski definition) is 2. The number of anilines is 1. The number of aryl methyl sites for hydroxylation is 1. The molecule has 18 heteroatoms. The van der Waals surface area contributed by atoms with Crippen molar-refractivity contribution in [3.63, 3.8) is 0 Å². The Hall–Kier alpha value is -5.56. The highest BCUT2D eigenvalue weighted by atomic mass is 16.5. The lowest BCUT2D eigenvalue weighted by Gasteiger charge is -2.54. The number of benzene rings is 1. The van der Waals surface area contributed by atoms with E-state index >= 15 is 0 Å². The summed E-state index contributed by atoms with van der Waals surface area (Å²) < 4.78 is 20.8. The van der Waals surface area contributed by atoms with E-state index < -0.39 is 41.5 Å². The number of esters is 1. The highest BCUT2D eigenvalue weighted by molar-refractivity contribution is 5.95. The molecule has 5 atom stereocenters. The van der Waals surface area contributed by atoms with Gasteiger partial charge in [-0.1, -0.05) is 34.3 Å². The molecule has 1 aliphatic carbocycles. The third-order valence-corrected chi connectivity index (χ3v) is 17.0. The summed E-state index contributed by atoms with van der Waals surface area (Å²) in [6, 6.07) is 7.70. The van der Waals surface area contributed by atoms with Crippen LogP contribution in [0.15, 0.2) is 49.2 Å². The van der Waals surface area contributed by atoms with Gasteiger partial charge in [0.2, 0.25) is 11.8 Å². The van der Waals surface area contributed by atoms with Gasteiger partial charge in [0.25, 0.3) is 5.91 Å². The van der Waals surface area contributed by atoms with Gasteiger partial charge in [-0.25, -0.2) is 10.2 Å². The molecule has 9 rings (SSSR count). The number of carbonyl (C=O) groups is 5. The van der Waals surface area contributed by atoms with Gasteiger partial charge in [0.05, 0.1) is 36.8 Å². The van der Waals surface area contributed by atoms with E-state index in [0.29, 0.717) is 97.0 Å². The van der Waals surface area contributed by atoms with E-state index in [-0.39, 0.29) is 48.4 Å². The Morgan fingerprint density at radius 3 is 2.51 bits per heavy atom. The predicted molar refractivity (Wildman–Crippen MR) is 287 cm³/mol. The lowest BCUT2D eigenvalue weighted by atomic mass is 9.83. The quantitative estimate of drug-likeness (QED) is 0.175. The van der Waals surface area contributed by atoms with Crippen molar-refractivity contribution in [3.8, 4) is 11.3 Å². The summed E-state index contributed by atoms with van der Waals surface area (Å²) in [7, 11) is 3.37. The maximum atomic E-state index is 14.9. The number of pyridine rings is 1. The Kier molecular flexibility index (Phi) is 16.3. The van der Waals surface area contributed by atoms with Crippen LogP contribution in [0.3, 0.4) is 0 Å². The highest BCUT2D eigenvalue weighted by Crippen LogP contribution is 2.43. The Bertz CT molecular complexity index is 2600. The Labute approximate surface area is 443 Å². The van der Waals surface area contributed by atoms with E-state index in [1.54, 1.807) is 20.4 Å². The molecule has 18 nitrogen and oxygen atoms in total. The van der Waals surface area contributed by atoms with Gasteiger partial charge < -0.3 is 43.7 Å². The number of morpholine rings is 1. The maximum Gasteiger partial charge on any atom is 0.324 e. The van der Waals surface area contributed by atoms with E-state index in [1.165, 1.54) is 28.8 Å². The first-order chi connectivity index (χ1) is 35.9. The minimum Gasteiger partial charge on any atom is -0.464 e. The molecule has 0 radical (unpaired) electrons. The zero-order chi connectivity index (χ0) is 53.3. The molecule has 2 N–H and O–H groups in total. The lowest BCUT2D eigenvalue weighted by Crippen LogP contribution is -2.67. The molecule has 0 unspecified atom stereocenters. The number of likely N-dealkylation sites (tertiary alicyclic amines) is 1. The number of amides is 5. The van der Waals surface area contributed by atoms with Crippen LogP contribution in [0.25, 0.3) is 22.2 Å². The molecular weight excluding hydrogens is 953 g/mol. The van der Waals surface area contributed by atoms with Crippen LogP contribution in [0.5, 0.6) is 0 Å². The number of cyclic esters (lactones) is 1. The summed E-state index contributed by atoms with van der Waals surface area (Å²) in [5.41, 5.74) is 8.59. The Morgan fingerprint density at radius 1 is 1.03 bits per heavy atom. The summed E-state index contributed by atoms with van der Waals surface area (Å²) in [5.74, 6) is -0.946. The van der Waals surface area contributed by atoms with Gasteiger partial charge in [-0.2, -0.15) is 0 Å². The van der Waals surface area contributed by atoms with Crippen molar-refractivity contribution >= 4 is 46.3 Å². The minimum absolute atomic E-state index is 0.0614. The van der Waals surface area contributed by atoms with E-state index in [1.807, 2.05) is 36.6 Å². The molecule has 1 aromatic carbocycles. The molecule has 7 heterocycles. The third kappa shape index (κ3) is 11.4. The molecule has 408 valence electrons. The topological polar surface area (TPSA) is 174 Å². The molecule has 5 fully saturated rings. The fraction of sp³-hybridized carbons (Fsp3) is 0.649. The first-order valence-electron chi connectivity index (χ1n) is 27.7. The number of piperazine rings is 1. The van der Waals surface area contributed by atoms with Gasteiger partial charge in [-0.05, 0) is 113 Å². The number of nitrogens with one attached hydrogen (secondary N) is 2. The summed E-state index contributed by atoms with van der Waals surface area (Å²) in [6.07, 6.45) is 8.16. The molecule has 2 aromatic heterocycles. The largest absolute Gasteiger partial charge is 0.464 e. The van der Waals surface area contributed by atoms with Gasteiger partial charge >= 0.3 is 12.0 Å². The molecule has 5 aliphatic heterocycles. The van der Waals surface area contributed by atoms with Crippen molar-refractivity contribution in [1.29, 1.82) is 0 Å². The Morgan fingerprint density at radius 2 is 1.80 bits per heavy atom. The second kappa shape index (κ2) is 22.6. The van der Waals surface area contributed by atoms with Crippen LogP contribution >= 0.6 is 0 Å². The van der Waals surface area contributed by atoms with Crippen molar-refractivity contribution in [1.82, 2.24) is 44.9 Å². The number of fused-ring (bicyclic) bond motifs is 6. The van der Waals surface area contributed by atoms with Crippen molar-refractivity contribution in [3.05, 3.63) is 60.4 Å². The zero-order valence-electron chi connectivity index (χ0n) is 45.8. The number of hydrogen-bond acceptors (Lipinski definition) is 12. The third-order valence-electron chi connectivity index (χ3n) is 17.0. The molecule has 75 heavy (non-hydrogen) atoms. The number of piperidine rings is 1. The zero-order valence-corrected chi connectivity index (χ0v) is 45.8. The minimum atomic E-state index is -1.05. The summed E-state index contributed by atoms with van der Waals surface area (Å²) in [4.78, 5) is 86.2. The van der Waals surface area contributed by atoms with E-state index in [0.717, 1.165) is 52.2 Å². The van der Waals surface area contributed by atoms with Gasteiger partial charge in [-0.3, -0.25) is 34.1 Å². The summed E-state index contributed by atoms with van der Waals surface area (Å²) in [6.45, 7) is 22.7. The maximum absolute atomic E-state index is 14.9. The Balaban J connectivity index is 0.988. The second-order valence-corrected chi connectivity index (χ2v) is 23.2. The van der Waals surface area contributed by atoms with Crippen LogP contribution in [0.4, 0.5) is 10.5 Å². The van der Waals surface area contributed by atoms with E-state index in [2.05, 4.69) is 76.7 Å². The van der Waals surface area contributed by atoms with Crippen LogP contribution in [-0.4, -0.2) is 180 Å². The number of ether oxygens (including phenoxy) is 3. The second-order valence-electron chi connectivity index (χ2n) is 23.2. The van der Waals surface area contributed by atoms with Crippen LogP contribution in [0.1, 0.15) is 104 Å². The number of carbonyl (C=O) groups excluding carboxylic acids is 5. The summed E-state index contributed by atoms with van der Waals surface area (Å²) >= 11 is 0. The molecule has 1 saturated carbocycles. The first kappa shape index (κ1) is 54.2. The average molecular weight is 1040 g/mol. The molecule has 1 spiro atoms. The number of methoxy groups -OCH3 is 1. The predicted octanol–water partition coefficient (Wildman–Crippen LogP) is 5.78. The van der Waals surface area contributed by atoms with Crippen LogP contribution in [0, 0.1) is 17.3 Å². The summed E-state index contributed by atoms with van der Waals surface area (Å²) in [5, 5.41) is 5.69. The molecule has 3 aromatic rings. The van der Waals surface area contributed by atoms with Crippen molar-refractivity contribution in [2.75, 3.05) is 91.2 Å². The molecular formula is C57H82N10O8. The SMILES string of the molecule is C=CC(=O)N1CCN(CC2CC2)C2(CCN(C(=O)N(C)[C@H](C(=O)N[C@H]3C[C@H]4CN(CCO4)c4ccc5c(c4)c(c(-c4cccnc4[C@H](C)OC)n5CC)CC(C)(C)COC(=O)[C@@H]4CCCN(N4)C3=O)C(C)C)CC2)C1. The molecule has 6 aliphatic rings. The fourth-order valence-electron chi connectivity index (χ4n) is 12.6. The van der Waals surface area contributed by atoms with Crippen LogP contribution in [0.2, 0.25) is 0 Å². The van der Waals surface area contributed by atoms with Gasteiger partial charge in [0.15, 0.2) is 0 Å². The van der Waals surface area contributed by atoms with E-state index in [4.69, 9.17) is 19.2 Å². The van der Waals surface area contributed by atoms with Gasteiger partial charge in [0, 0.05) is 125 Å².